The number of benzene rings is 2. The molecule has 0 spiro atoms. The molecule has 26 heavy (non-hydrogen) atoms. The summed E-state index contributed by atoms with van der Waals surface area (Å²) in [6.45, 7) is 0. The van der Waals surface area contributed by atoms with Crippen LogP contribution in [-0.2, 0) is 9.59 Å². The van der Waals surface area contributed by atoms with Crippen LogP contribution >= 0.6 is 11.3 Å². The van der Waals surface area contributed by atoms with Crippen LogP contribution in [0.5, 0.6) is 0 Å². The second kappa shape index (κ2) is 6.20. The van der Waals surface area contributed by atoms with E-state index in [1.807, 2.05) is 36.4 Å². The first kappa shape index (κ1) is 16.2. The number of imide groups is 1. The Morgan fingerprint density at radius 1 is 1.04 bits per heavy atom. The molecular formula is C19H12N2O4S. The van der Waals surface area contributed by atoms with Gasteiger partial charge in [0, 0.05) is 21.9 Å². The smallest absolute Gasteiger partial charge is 0.274 e. The van der Waals surface area contributed by atoms with Crippen molar-refractivity contribution < 1.29 is 14.5 Å². The highest BCUT2D eigenvalue weighted by molar-refractivity contribution is 7.16. The highest BCUT2D eigenvalue weighted by Gasteiger charge is 2.35. The van der Waals surface area contributed by atoms with Gasteiger partial charge in [0.1, 0.15) is 0 Å². The third kappa shape index (κ3) is 2.68. The minimum Gasteiger partial charge on any atom is -0.274 e. The summed E-state index contributed by atoms with van der Waals surface area (Å²) in [4.78, 5) is 37.4. The van der Waals surface area contributed by atoms with E-state index in [0.29, 0.717) is 16.1 Å². The number of carbonyl (C=O) groups is 2. The molecule has 1 saturated heterocycles. The van der Waals surface area contributed by atoms with Crippen molar-refractivity contribution in [2.45, 2.75) is 6.42 Å². The van der Waals surface area contributed by atoms with E-state index in [1.165, 1.54) is 11.0 Å². The van der Waals surface area contributed by atoms with E-state index in [0.717, 1.165) is 22.1 Å². The molecule has 1 aliphatic heterocycles. The zero-order valence-corrected chi connectivity index (χ0v) is 14.2. The number of amides is 2. The van der Waals surface area contributed by atoms with Gasteiger partial charge in [-0.05, 0) is 23.6 Å². The summed E-state index contributed by atoms with van der Waals surface area (Å²) >= 11 is 0.973. The van der Waals surface area contributed by atoms with Gasteiger partial charge in [0.25, 0.3) is 5.91 Å². The Hall–Kier alpha value is -3.32. The lowest BCUT2D eigenvalue weighted by atomic mass is 10.1. The van der Waals surface area contributed by atoms with Gasteiger partial charge in [-0.25, -0.2) is 4.90 Å². The lowest BCUT2D eigenvalue weighted by Gasteiger charge is -2.16. The highest BCUT2D eigenvalue weighted by Crippen LogP contribution is 2.34. The van der Waals surface area contributed by atoms with Gasteiger partial charge in [-0.3, -0.25) is 19.7 Å². The molecule has 0 unspecified atom stereocenters. The summed E-state index contributed by atoms with van der Waals surface area (Å²) in [6.07, 6.45) is 1.54. The number of thiophene rings is 1. The van der Waals surface area contributed by atoms with Crippen LogP contribution in [0.4, 0.5) is 10.7 Å². The van der Waals surface area contributed by atoms with Crippen LogP contribution in [0.2, 0.25) is 0 Å². The molecule has 4 rings (SSSR count). The van der Waals surface area contributed by atoms with Crippen molar-refractivity contribution in [3.8, 4) is 0 Å². The third-order valence-electron chi connectivity index (χ3n) is 4.19. The lowest BCUT2D eigenvalue weighted by Crippen LogP contribution is -2.29. The van der Waals surface area contributed by atoms with Crippen LogP contribution in [0.15, 0.2) is 60.2 Å². The molecule has 0 bridgehead atoms. The molecule has 0 saturated carbocycles. The summed E-state index contributed by atoms with van der Waals surface area (Å²) in [5.41, 5.74) is 0.887. The molecule has 0 atom stereocenters. The fourth-order valence-corrected chi connectivity index (χ4v) is 3.81. The monoisotopic (exact) mass is 364 g/mol. The summed E-state index contributed by atoms with van der Waals surface area (Å²) in [7, 11) is 0. The maximum absolute atomic E-state index is 12.8. The van der Waals surface area contributed by atoms with Crippen molar-refractivity contribution in [2.24, 2.45) is 0 Å². The molecule has 2 amide bonds. The predicted octanol–water partition coefficient (Wildman–Crippen LogP) is 4.16. The van der Waals surface area contributed by atoms with Crippen LogP contribution in [0.1, 0.15) is 11.3 Å². The number of nitrogens with zero attached hydrogens (tertiary/aromatic N) is 2. The van der Waals surface area contributed by atoms with Gasteiger partial charge in [-0.2, -0.15) is 0 Å². The van der Waals surface area contributed by atoms with E-state index in [1.54, 1.807) is 18.2 Å². The Balaban J connectivity index is 1.73. The number of anilines is 1. The second-order valence-corrected chi connectivity index (χ2v) is 6.91. The van der Waals surface area contributed by atoms with E-state index in [-0.39, 0.29) is 23.2 Å². The van der Waals surface area contributed by atoms with E-state index in [9.17, 15) is 19.7 Å². The molecule has 0 radical (unpaired) electrons. The van der Waals surface area contributed by atoms with Crippen molar-refractivity contribution in [2.75, 3.05) is 4.90 Å². The molecule has 2 aromatic carbocycles. The van der Waals surface area contributed by atoms with E-state index in [2.05, 4.69) is 0 Å². The van der Waals surface area contributed by atoms with Crippen molar-refractivity contribution in [3.63, 3.8) is 0 Å². The summed E-state index contributed by atoms with van der Waals surface area (Å²) in [5, 5.41) is 12.6. The number of nitro groups is 1. The maximum Gasteiger partial charge on any atom is 0.324 e. The standard InChI is InChI=1S/C19H12N2O4S/c22-17-11-13(10-14-8-9-18(26-14)21(24)25)19(23)20(17)16-7-3-5-12-4-1-2-6-15(12)16/h1-10H,11H2. The first-order valence-electron chi connectivity index (χ1n) is 7.84. The minimum absolute atomic E-state index is 0.000433. The van der Waals surface area contributed by atoms with Gasteiger partial charge >= 0.3 is 5.00 Å². The fourth-order valence-electron chi connectivity index (χ4n) is 3.02. The molecule has 1 aliphatic rings. The summed E-state index contributed by atoms with van der Waals surface area (Å²) in [6, 6.07) is 16.0. The second-order valence-electron chi connectivity index (χ2n) is 5.81. The average molecular weight is 364 g/mol. The predicted molar refractivity (Wildman–Crippen MR) is 100 cm³/mol. The van der Waals surface area contributed by atoms with Gasteiger partial charge in [0.05, 0.1) is 17.0 Å². The van der Waals surface area contributed by atoms with Crippen LogP contribution in [0, 0.1) is 10.1 Å². The third-order valence-corrected chi connectivity index (χ3v) is 5.17. The van der Waals surface area contributed by atoms with Crippen LogP contribution in [0.25, 0.3) is 16.8 Å². The Morgan fingerprint density at radius 2 is 1.81 bits per heavy atom. The van der Waals surface area contributed by atoms with Crippen molar-refractivity contribution in [3.05, 3.63) is 75.2 Å². The highest BCUT2D eigenvalue weighted by atomic mass is 32.1. The van der Waals surface area contributed by atoms with E-state index < -0.39 is 4.92 Å². The number of hydrogen-bond donors (Lipinski definition) is 0. The number of rotatable bonds is 3. The zero-order chi connectivity index (χ0) is 18.3. The van der Waals surface area contributed by atoms with Gasteiger partial charge in [-0.1, -0.05) is 47.7 Å². The van der Waals surface area contributed by atoms with Crippen LogP contribution < -0.4 is 4.90 Å². The quantitative estimate of drug-likeness (QED) is 0.302. The topological polar surface area (TPSA) is 80.5 Å². The van der Waals surface area contributed by atoms with E-state index in [4.69, 9.17) is 0 Å². The van der Waals surface area contributed by atoms with Crippen molar-refractivity contribution in [1.29, 1.82) is 0 Å². The first-order chi connectivity index (χ1) is 12.5. The van der Waals surface area contributed by atoms with Gasteiger partial charge in [0.2, 0.25) is 5.91 Å². The molecule has 1 aromatic heterocycles. The van der Waals surface area contributed by atoms with Gasteiger partial charge < -0.3 is 0 Å². The van der Waals surface area contributed by atoms with E-state index >= 15 is 0 Å². The number of fused-ring (bicyclic) bond motifs is 1. The Morgan fingerprint density at radius 3 is 2.58 bits per heavy atom. The summed E-state index contributed by atoms with van der Waals surface area (Å²) in [5.74, 6) is -0.689. The molecule has 6 nitrogen and oxygen atoms in total. The Kier molecular flexibility index (Phi) is 3.85. The maximum atomic E-state index is 12.8. The van der Waals surface area contributed by atoms with Crippen LogP contribution in [-0.4, -0.2) is 16.7 Å². The normalized spacial score (nSPS) is 16.0. The number of carbonyl (C=O) groups excluding carboxylic acids is 2. The Bertz CT molecular complexity index is 1090. The minimum atomic E-state index is -0.475. The fraction of sp³-hybridized carbons (Fsp3) is 0.0526. The molecule has 7 heteroatoms. The molecule has 1 fully saturated rings. The zero-order valence-electron chi connectivity index (χ0n) is 13.4. The molecule has 0 aliphatic carbocycles. The molecule has 2 heterocycles. The Labute approximate surface area is 152 Å². The molecule has 3 aromatic rings. The first-order valence-corrected chi connectivity index (χ1v) is 8.66. The van der Waals surface area contributed by atoms with Gasteiger partial charge in [-0.15, -0.1) is 0 Å². The van der Waals surface area contributed by atoms with Crippen molar-refractivity contribution in [1.82, 2.24) is 0 Å². The lowest BCUT2D eigenvalue weighted by molar-refractivity contribution is -0.380. The summed E-state index contributed by atoms with van der Waals surface area (Å²) < 4.78 is 0. The molecule has 0 N–H and O–H groups in total. The van der Waals surface area contributed by atoms with Crippen LogP contribution in [0.3, 0.4) is 0 Å². The molecular weight excluding hydrogens is 352 g/mol. The SMILES string of the molecule is O=C1CC(=Cc2ccc([N+](=O)[O-])s2)C(=O)N1c1cccc2ccccc12. The number of hydrogen-bond acceptors (Lipinski definition) is 5. The average Bonchev–Trinajstić information content (AvgIpc) is 3.20. The largest absolute Gasteiger partial charge is 0.324 e. The van der Waals surface area contributed by atoms with Gasteiger partial charge in [0.15, 0.2) is 0 Å². The van der Waals surface area contributed by atoms with Crippen molar-refractivity contribution >= 4 is 50.7 Å². The molecule has 128 valence electrons.